The van der Waals surface area contributed by atoms with Gasteiger partial charge in [0.2, 0.25) is 0 Å². The number of carbonyl (C=O) groups is 2. The van der Waals surface area contributed by atoms with E-state index in [-0.39, 0.29) is 74.2 Å². The molecule has 8 nitrogen and oxygen atoms in total. The van der Waals surface area contributed by atoms with Gasteiger partial charge in [0.15, 0.2) is 17.2 Å². The zero-order chi connectivity index (χ0) is 23.9. The van der Waals surface area contributed by atoms with E-state index < -0.39 is 66.2 Å². The van der Waals surface area contributed by atoms with E-state index >= 15 is 4.39 Å². The van der Waals surface area contributed by atoms with Gasteiger partial charge in [-0.15, -0.1) is 0 Å². The van der Waals surface area contributed by atoms with Crippen molar-refractivity contribution in [1.82, 2.24) is 0 Å². The molecule has 4 aliphatic carbocycles. The Bertz CT molecular complexity index is 995. The Morgan fingerprint density at radius 1 is 1.29 bits per heavy atom. The molecule has 8 atom stereocenters. The molecular formula is C22H32FNa2O8P. The number of hydrogen-bond acceptors (Lipinski definition) is 6. The monoisotopic (exact) mass is 520 g/mol. The van der Waals surface area contributed by atoms with Crippen LogP contribution in [0.25, 0.3) is 0 Å². The predicted molar refractivity (Wildman–Crippen MR) is 113 cm³/mol. The quantitative estimate of drug-likeness (QED) is 0.219. The molecule has 0 aromatic carbocycles. The van der Waals surface area contributed by atoms with E-state index in [0.717, 1.165) is 0 Å². The number of carbonyl (C=O) groups excluding carboxylic acids is 2. The Kier molecular flexibility index (Phi) is 8.96. The Hall–Kier alpha value is 0.780. The van der Waals surface area contributed by atoms with Crippen molar-refractivity contribution in [3.05, 3.63) is 23.8 Å². The molecule has 182 valence electrons. The fourth-order valence-corrected chi connectivity index (χ4v) is 7.68. The number of hydrogen-bond donors (Lipinski definition) is 4. The summed E-state index contributed by atoms with van der Waals surface area (Å²) in [5.41, 5.74) is -5.88. The van der Waals surface area contributed by atoms with Gasteiger partial charge in [-0.2, -0.15) is 0 Å². The van der Waals surface area contributed by atoms with Crippen molar-refractivity contribution in [2.75, 3.05) is 6.61 Å². The van der Waals surface area contributed by atoms with E-state index in [9.17, 15) is 24.4 Å². The molecule has 0 saturated heterocycles. The topological polar surface area (TPSA) is 141 Å². The van der Waals surface area contributed by atoms with Crippen molar-refractivity contribution >= 4 is 19.4 Å². The molecule has 4 aliphatic rings. The maximum atomic E-state index is 17.0. The van der Waals surface area contributed by atoms with Gasteiger partial charge in [-0.3, -0.25) is 14.1 Å². The normalized spacial score (nSPS) is 45.2. The number of ketones is 2. The van der Waals surface area contributed by atoms with E-state index in [1.165, 1.54) is 18.2 Å². The Labute approximate surface area is 245 Å². The van der Waals surface area contributed by atoms with Crippen LogP contribution in [0.4, 0.5) is 4.39 Å². The van der Waals surface area contributed by atoms with Crippen LogP contribution in [0.2, 0.25) is 0 Å². The summed E-state index contributed by atoms with van der Waals surface area (Å²) < 4.78 is 32.5. The Morgan fingerprint density at radius 3 is 2.50 bits per heavy atom. The molecule has 0 aromatic heterocycles. The number of rotatable bonds is 4. The smallest absolute Gasteiger partial charge is 1.00 e. The average Bonchev–Trinajstić information content (AvgIpc) is 2.89. The molecule has 0 spiro atoms. The third kappa shape index (κ3) is 4.20. The van der Waals surface area contributed by atoms with Crippen molar-refractivity contribution < 1.29 is 105 Å². The standard InChI is InChI=1S/C22H30FO8P.2Na.2H/c1-12-8-16-15-5-4-13-9-14(24)6-7-19(13,2)21(15,23)17(25)10-20(16,3)22(12,27)18(26)11-31-32(28,29)30;;;;/h6-7,9,12,15-17,25,27H,4-5,8,10-11H2,1-3H3,(H2,28,29,30);;;;/q;2*+1;2*-1/t12-,15+,16+,17+,19+,20+,21+,22+;;;;/m1..../s1. The predicted octanol–water partition coefficient (Wildman–Crippen LogP) is -3.75. The Balaban J connectivity index is 0.00000306. The molecule has 4 N–H and O–H groups in total. The van der Waals surface area contributed by atoms with Crippen LogP contribution in [0.3, 0.4) is 0 Å². The summed E-state index contributed by atoms with van der Waals surface area (Å²) in [6.07, 6.45) is 3.70. The minimum Gasteiger partial charge on any atom is -1.00 e. The minimum absolute atomic E-state index is 0. The zero-order valence-corrected chi connectivity index (χ0v) is 25.2. The first-order valence-corrected chi connectivity index (χ1v) is 12.4. The van der Waals surface area contributed by atoms with Gasteiger partial charge in [0.1, 0.15) is 12.2 Å². The van der Waals surface area contributed by atoms with Crippen LogP contribution in [0.15, 0.2) is 23.8 Å². The van der Waals surface area contributed by atoms with Gasteiger partial charge in [-0.05, 0) is 56.6 Å². The van der Waals surface area contributed by atoms with E-state index in [1.807, 2.05) is 0 Å². The second kappa shape index (κ2) is 9.83. The summed E-state index contributed by atoms with van der Waals surface area (Å²) in [4.78, 5) is 42.8. The third-order valence-corrected chi connectivity index (χ3v) is 9.48. The van der Waals surface area contributed by atoms with E-state index in [2.05, 4.69) is 4.52 Å². The van der Waals surface area contributed by atoms with Crippen molar-refractivity contribution in [3.8, 4) is 0 Å². The van der Waals surface area contributed by atoms with Crippen molar-refractivity contribution in [2.45, 2.75) is 63.8 Å². The second-order valence-electron chi connectivity index (χ2n) is 10.4. The van der Waals surface area contributed by atoms with Crippen LogP contribution >= 0.6 is 7.82 Å². The van der Waals surface area contributed by atoms with Crippen molar-refractivity contribution in [3.63, 3.8) is 0 Å². The number of phosphoric acid groups is 1. The van der Waals surface area contributed by atoms with Gasteiger partial charge in [-0.25, -0.2) is 8.96 Å². The molecule has 0 amide bonds. The summed E-state index contributed by atoms with van der Waals surface area (Å²) in [6, 6.07) is 0. The first-order valence-electron chi connectivity index (χ1n) is 10.9. The van der Waals surface area contributed by atoms with E-state index in [0.29, 0.717) is 24.8 Å². The fraction of sp³-hybridized carbons (Fsp3) is 0.727. The van der Waals surface area contributed by atoms with Crippen LogP contribution in [-0.4, -0.2) is 55.5 Å². The van der Waals surface area contributed by atoms with E-state index in [1.54, 1.807) is 20.8 Å². The number of aliphatic hydroxyl groups is 2. The van der Waals surface area contributed by atoms with Gasteiger partial charge in [0.05, 0.1) is 6.10 Å². The molecule has 0 bridgehead atoms. The molecule has 0 aromatic rings. The maximum Gasteiger partial charge on any atom is 1.00 e. The first-order chi connectivity index (χ1) is 14.6. The summed E-state index contributed by atoms with van der Waals surface area (Å²) in [5, 5.41) is 22.8. The second-order valence-corrected chi connectivity index (χ2v) is 11.6. The van der Waals surface area contributed by atoms with Gasteiger partial charge < -0.3 is 22.9 Å². The molecule has 4 rings (SSSR count). The van der Waals surface area contributed by atoms with Crippen molar-refractivity contribution in [1.29, 1.82) is 0 Å². The largest absolute Gasteiger partial charge is 1.00 e. The molecule has 0 aliphatic heterocycles. The summed E-state index contributed by atoms with van der Waals surface area (Å²) in [5.74, 6) is -2.87. The van der Waals surface area contributed by atoms with Crippen LogP contribution in [-0.2, 0) is 18.7 Å². The molecule has 12 heteroatoms. The SMILES string of the molecule is C[C@@H]1C[C@H]2[C@@H]3CCC4=CC(=O)C=C[C@]4(C)[C@@]3(F)[C@@H](O)C[C@]2(C)[C@@]1(O)C(=O)COP(=O)(O)O.[H-].[H-].[Na+].[Na+]. The number of allylic oxidation sites excluding steroid dienone is 4. The summed E-state index contributed by atoms with van der Waals surface area (Å²) in [6.45, 7) is 4.00. The molecule has 3 saturated carbocycles. The number of aliphatic hydroxyl groups excluding tert-OH is 1. The van der Waals surface area contributed by atoms with E-state index in [4.69, 9.17) is 9.79 Å². The number of Topliss-reactive ketones (excluding diaryl/α,β-unsaturated/α-hetero) is 1. The van der Waals surface area contributed by atoms with Gasteiger partial charge in [0, 0.05) is 16.7 Å². The Morgan fingerprint density at radius 2 is 1.91 bits per heavy atom. The van der Waals surface area contributed by atoms with Crippen molar-refractivity contribution in [2.24, 2.45) is 28.6 Å². The zero-order valence-electron chi connectivity index (χ0n) is 22.3. The third-order valence-electron chi connectivity index (χ3n) is 9.01. The number of halogens is 1. The summed E-state index contributed by atoms with van der Waals surface area (Å²) >= 11 is 0. The number of phosphoric ester groups is 1. The van der Waals surface area contributed by atoms with Crippen LogP contribution in [0.5, 0.6) is 0 Å². The molecule has 0 heterocycles. The average molecular weight is 520 g/mol. The first kappa shape index (κ1) is 31.0. The van der Waals surface area contributed by atoms with Gasteiger partial charge >= 0.3 is 66.9 Å². The number of fused-ring (bicyclic) bond motifs is 5. The molecule has 0 unspecified atom stereocenters. The fourth-order valence-electron chi connectivity index (χ4n) is 7.39. The van der Waals surface area contributed by atoms with Gasteiger partial charge in [-0.1, -0.05) is 25.5 Å². The van der Waals surface area contributed by atoms with Gasteiger partial charge in [0.25, 0.3) is 0 Å². The maximum absolute atomic E-state index is 17.0. The van der Waals surface area contributed by atoms with Crippen LogP contribution in [0, 0.1) is 28.6 Å². The molecule has 3 fully saturated rings. The molecule has 34 heavy (non-hydrogen) atoms. The molecular weight excluding hydrogens is 488 g/mol. The summed E-state index contributed by atoms with van der Waals surface area (Å²) in [7, 11) is -4.93. The molecule has 0 radical (unpaired) electrons. The van der Waals surface area contributed by atoms with Crippen LogP contribution < -0.4 is 59.1 Å². The number of alkyl halides is 1. The minimum atomic E-state index is -4.93. The van der Waals surface area contributed by atoms with Crippen LogP contribution in [0.1, 0.15) is 49.3 Å².